The van der Waals surface area contributed by atoms with E-state index in [2.05, 4.69) is 51.6 Å². The first-order valence-electron chi connectivity index (χ1n) is 8.99. The molecule has 0 saturated heterocycles. The molecule has 0 fully saturated rings. The van der Waals surface area contributed by atoms with E-state index in [4.69, 9.17) is 0 Å². The van der Waals surface area contributed by atoms with Crippen molar-refractivity contribution in [1.29, 1.82) is 0 Å². The average Bonchev–Trinajstić information content (AvgIpc) is 2.92. The number of allylic oxidation sites excluding steroid dienone is 2. The van der Waals surface area contributed by atoms with Crippen LogP contribution in [0.4, 0.5) is 0 Å². The molecule has 0 bridgehead atoms. The Labute approximate surface area is 155 Å². The van der Waals surface area contributed by atoms with Crippen LogP contribution in [0.1, 0.15) is 67.1 Å². The number of carbonyl (C=O) groups excluding carboxylic acids is 1. The monoisotopic (exact) mass is 346 g/mol. The second-order valence-electron chi connectivity index (χ2n) is 8.38. The van der Waals surface area contributed by atoms with Gasteiger partial charge in [-0.2, -0.15) is 0 Å². The molecule has 1 unspecified atom stereocenters. The third-order valence-electron chi connectivity index (χ3n) is 4.75. The largest absolute Gasteiger partial charge is 0.508 e. The minimum Gasteiger partial charge on any atom is -0.508 e. The van der Waals surface area contributed by atoms with Crippen molar-refractivity contribution in [2.24, 2.45) is 5.41 Å². The summed E-state index contributed by atoms with van der Waals surface area (Å²) in [5.74, 6) is 0.139. The number of fused-ring (bicyclic) bond motifs is 1. The fourth-order valence-corrected chi connectivity index (χ4v) is 3.78. The molecule has 0 saturated carbocycles. The lowest BCUT2D eigenvalue weighted by molar-refractivity contribution is 0.101. The van der Waals surface area contributed by atoms with Crippen LogP contribution in [-0.2, 0) is 0 Å². The van der Waals surface area contributed by atoms with Gasteiger partial charge in [-0.05, 0) is 65.3 Å². The van der Waals surface area contributed by atoms with Gasteiger partial charge in [0.1, 0.15) is 5.75 Å². The number of phenols is 1. The minimum absolute atomic E-state index is 0.0525. The number of carbonyl (C=O) groups is 1. The lowest BCUT2D eigenvalue weighted by Gasteiger charge is -2.26. The van der Waals surface area contributed by atoms with Crippen molar-refractivity contribution in [1.82, 2.24) is 0 Å². The molecule has 2 aromatic carbocycles. The molecule has 1 atom stereocenters. The van der Waals surface area contributed by atoms with Gasteiger partial charge in [-0.15, -0.1) is 0 Å². The second kappa shape index (κ2) is 6.60. The molecule has 1 aliphatic carbocycles. The van der Waals surface area contributed by atoms with Gasteiger partial charge in [0.05, 0.1) is 0 Å². The van der Waals surface area contributed by atoms with Gasteiger partial charge in [0.15, 0.2) is 5.78 Å². The molecule has 3 rings (SSSR count). The Morgan fingerprint density at radius 1 is 1.15 bits per heavy atom. The minimum atomic E-state index is -0.0525. The molecule has 2 aromatic rings. The summed E-state index contributed by atoms with van der Waals surface area (Å²) in [6.07, 6.45) is 3.06. The van der Waals surface area contributed by atoms with E-state index < -0.39 is 0 Å². The molecule has 0 aromatic heterocycles. The SMILES string of the molecule is C=C(CC(C)(C)C)C1C(c2cc(O)cc(C(C)=O)c2)=Cc2ccccc21. The molecule has 1 N–H and O–H groups in total. The Morgan fingerprint density at radius 2 is 1.85 bits per heavy atom. The molecule has 26 heavy (non-hydrogen) atoms. The first kappa shape index (κ1) is 18.2. The maximum Gasteiger partial charge on any atom is 0.159 e. The highest BCUT2D eigenvalue weighted by Gasteiger charge is 2.30. The molecule has 2 heteroatoms. The maximum atomic E-state index is 11.8. The Balaban J connectivity index is 2.11. The number of ketones is 1. The number of hydrogen-bond donors (Lipinski definition) is 1. The molecule has 0 aliphatic heterocycles. The van der Waals surface area contributed by atoms with Crippen molar-refractivity contribution in [2.75, 3.05) is 0 Å². The highest BCUT2D eigenvalue weighted by atomic mass is 16.3. The van der Waals surface area contributed by atoms with Crippen molar-refractivity contribution in [3.63, 3.8) is 0 Å². The first-order chi connectivity index (χ1) is 12.2. The van der Waals surface area contributed by atoms with Gasteiger partial charge in [-0.3, -0.25) is 4.79 Å². The van der Waals surface area contributed by atoms with E-state index in [1.54, 1.807) is 6.07 Å². The number of hydrogen-bond acceptors (Lipinski definition) is 2. The normalized spacial score (nSPS) is 16.2. The van der Waals surface area contributed by atoms with Gasteiger partial charge in [0.2, 0.25) is 0 Å². The molecule has 0 heterocycles. The fourth-order valence-electron chi connectivity index (χ4n) is 3.78. The van der Waals surface area contributed by atoms with Crippen molar-refractivity contribution in [3.05, 3.63) is 76.9 Å². The molecule has 2 nitrogen and oxygen atoms in total. The third-order valence-corrected chi connectivity index (χ3v) is 4.75. The van der Waals surface area contributed by atoms with Crippen LogP contribution in [0.25, 0.3) is 11.6 Å². The summed E-state index contributed by atoms with van der Waals surface area (Å²) in [5, 5.41) is 10.1. The van der Waals surface area contributed by atoms with E-state index in [1.807, 2.05) is 12.1 Å². The molecular formula is C24H26O2. The summed E-state index contributed by atoms with van der Waals surface area (Å²) in [6.45, 7) is 12.6. The van der Waals surface area contributed by atoms with Crippen molar-refractivity contribution < 1.29 is 9.90 Å². The van der Waals surface area contributed by atoms with E-state index in [1.165, 1.54) is 24.1 Å². The zero-order valence-corrected chi connectivity index (χ0v) is 16.0. The zero-order valence-electron chi connectivity index (χ0n) is 16.0. The van der Waals surface area contributed by atoms with E-state index >= 15 is 0 Å². The quantitative estimate of drug-likeness (QED) is 0.526. The standard InChI is InChI=1S/C24H26O2/c1-15(14-24(3,4)5)23-21-9-7-6-8-17(21)13-22(23)19-10-18(16(2)25)11-20(26)12-19/h6-13,23,26H,1,14H2,2-5H3. The fraction of sp³-hybridized carbons (Fsp3) is 0.292. The van der Waals surface area contributed by atoms with E-state index in [9.17, 15) is 9.90 Å². The number of rotatable bonds is 4. The van der Waals surface area contributed by atoms with Gasteiger partial charge >= 0.3 is 0 Å². The Hall–Kier alpha value is -2.61. The number of aromatic hydroxyl groups is 1. The molecule has 0 amide bonds. The Kier molecular flexibility index (Phi) is 4.62. The summed E-state index contributed by atoms with van der Waals surface area (Å²) >= 11 is 0. The molecule has 1 aliphatic rings. The smallest absolute Gasteiger partial charge is 0.159 e. The van der Waals surface area contributed by atoms with Crippen LogP contribution in [0.15, 0.2) is 54.6 Å². The van der Waals surface area contributed by atoms with E-state index in [-0.39, 0.29) is 22.9 Å². The van der Waals surface area contributed by atoms with Crippen molar-refractivity contribution in [3.8, 4) is 5.75 Å². The van der Waals surface area contributed by atoms with Gasteiger partial charge in [-0.25, -0.2) is 0 Å². The summed E-state index contributed by atoms with van der Waals surface area (Å²) in [7, 11) is 0. The predicted octanol–water partition coefficient (Wildman–Crippen LogP) is 6.23. The van der Waals surface area contributed by atoms with Gasteiger partial charge in [0.25, 0.3) is 0 Å². The summed E-state index contributed by atoms with van der Waals surface area (Å²) in [4.78, 5) is 11.8. The van der Waals surface area contributed by atoms with Crippen LogP contribution in [0, 0.1) is 5.41 Å². The van der Waals surface area contributed by atoms with Gasteiger partial charge in [0, 0.05) is 11.5 Å². The third kappa shape index (κ3) is 3.65. The van der Waals surface area contributed by atoms with Crippen LogP contribution in [-0.4, -0.2) is 10.9 Å². The molecule has 0 spiro atoms. The average molecular weight is 346 g/mol. The van der Waals surface area contributed by atoms with Crippen LogP contribution in [0.2, 0.25) is 0 Å². The second-order valence-corrected chi connectivity index (χ2v) is 8.38. The van der Waals surface area contributed by atoms with Crippen molar-refractivity contribution >= 4 is 17.4 Å². The Morgan fingerprint density at radius 3 is 2.50 bits per heavy atom. The number of Topliss-reactive ketones (excluding diaryl/α,β-unsaturated/α-hetero) is 1. The van der Waals surface area contributed by atoms with Crippen LogP contribution in [0.5, 0.6) is 5.75 Å². The van der Waals surface area contributed by atoms with Crippen LogP contribution < -0.4 is 0 Å². The summed E-state index contributed by atoms with van der Waals surface area (Å²) in [5.41, 5.74) is 6.21. The Bertz CT molecular complexity index is 910. The first-order valence-corrected chi connectivity index (χ1v) is 8.99. The number of phenolic OH excluding ortho intramolecular Hbond substituents is 1. The maximum absolute atomic E-state index is 11.8. The zero-order chi connectivity index (χ0) is 19.1. The lowest BCUT2D eigenvalue weighted by atomic mass is 9.78. The van der Waals surface area contributed by atoms with Gasteiger partial charge in [-0.1, -0.05) is 57.2 Å². The van der Waals surface area contributed by atoms with E-state index in [0.29, 0.717) is 5.56 Å². The summed E-state index contributed by atoms with van der Waals surface area (Å²) in [6, 6.07) is 13.5. The lowest BCUT2D eigenvalue weighted by Crippen LogP contribution is -2.11. The molecular weight excluding hydrogens is 320 g/mol. The topological polar surface area (TPSA) is 37.3 Å². The van der Waals surface area contributed by atoms with Crippen LogP contribution >= 0.6 is 0 Å². The molecule has 0 radical (unpaired) electrons. The highest BCUT2D eigenvalue weighted by Crippen LogP contribution is 2.48. The van der Waals surface area contributed by atoms with Crippen LogP contribution in [0.3, 0.4) is 0 Å². The predicted molar refractivity (Wildman–Crippen MR) is 108 cm³/mol. The van der Waals surface area contributed by atoms with Crippen molar-refractivity contribution in [2.45, 2.75) is 40.0 Å². The van der Waals surface area contributed by atoms with Gasteiger partial charge < -0.3 is 5.11 Å². The number of benzene rings is 2. The van der Waals surface area contributed by atoms with E-state index in [0.717, 1.165) is 23.1 Å². The summed E-state index contributed by atoms with van der Waals surface area (Å²) < 4.78 is 0. The molecule has 134 valence electrons. The highest BCUT2D eigenvalue weighted by molar-refractivity contribution is 5.98.